The van der Waals surface area contributed by atoms with Crippen molar-refractivity contribution in [2.24, 2.45) is 5.18 Å². The fraction of sp³-hybridized carbons (Fsp3) is 0.571. The SMILES string of the molecule is Cc1c(N=O)cnn1C[C@H](C)O. The summed E-state index contributed by atoms with van der Waals surface area (Å²) in [4.78, 5) is 10.2. The standard InChI is InChI=1S/C7H11N3O2/c1-5(11)4-10-6(2)7(9-12)3-8-10/h3,5,11H,4H2,1-2H3/t5-/m0/s1. The fourth-order valence-corrected chi connectivity index (χ4v) is 0.961. The topological polar surface area (TPSA) is 67.5 Å². The van der Waals surface area contributed by atoms with Gasteiger partial charge in [0.15, 0.2) is 0 Å². The molecule has 0 amide bonds. The van der Waals surface area contributed by atoms with E-state index in [0.717, 1.165) is 0 Å². The van der Waals surface area contributed by atoms with E-state index in [1.807, 2.05) is 0 Å². The molecule has 1 atom stereocenters. The Hall–Kier alpha value is -1.23. The Labute approximate surface area is 70.0 Å². The van der Waals surface area contributed by atoms with Crippen LogP contribution >= 0.6 is 0 Å². The van der Waals surface area contributed by atoms with Crippen LogP contribution in [0.5, 0.6) is 0 Å². The second kappa shape index (κ2) is 3.44. The first-order valence-electron chi connectivity index (χ1n) is 3.69. The lowest BCUT2D eigenvalue weighted by atomic mass is 10.4. The van der Waals surface area contributed by atoms with E-state index in [-0.39, 0.29) is 0 Å². The summed E-state index contributed by atoms with van der Waals surface area (Å²) < 4.78 is 1.56. The molecule has 0 saturated heterocycles. The quantitative estimate of drug-likeness (QED) is 0.685. The molecule has 0 aliphatic carbocycles. The molecule has 5 heteroatoms. The highest BCUT2D eigenvalue weighted by Crippen LogP contribution is 2.16. The number of aliphatic hydroxyl groups excluding tert-OH is 1. The minimum atomic E-state index is -0.469. The van der Waals surface area contributed by atoms with Gasteiger partial charge in [-0.1, -0.05) is 0 Å². The van der Waals surface area contributed by atoms with Crippen LogP contribution in [0, 0.1) is 11.8 Å². The summed E-state index contributed by atoms with van der Waals surface area (Å²) in [7, 11) is 0. The highest BCUT2D eigenvalue weighted by atomic mass is 16.3. The molecule has 1 N–H and O–H groups in total. The van der Waals surface area contributed by atoms with Crippen molar-refractivity contribution >= 4 is 5.69 Å². The van der Waals surface area contributed by atoms with Crippen molar-refractivity contribution in [3.05, 3.63) is 16.8 Å². The van der Waals surface area contributed by atoms with Gasteiger partial charge in [0.2, 0.25) is 0 Å². The van der Waals surface area contributed by atoms with Crippen molar-refractivity contribution in [3.8, 4) is 0 Å². The number of nitroso groups, excluding NO2 is 1. The van der Waals surface area contributed by atoms with Gasteiger partial charge in [0, 0.05) is 0 Å². The molecule has 66 valence electrons. The summed E-state index contributed by atoms with van der Waals surface area (Å²) in [5.74, 6) is 0. The summed E-state index contributed by atoms with van der Waals surface area (Å²) >= 11 is 0. The normalized spacial score (nSPS) is 12.9. The molecule has 0 unspecified atom stereocenters. The third-order valence-electron chi connectivity index (χ3n) is 1.61. The van der Waals surface area contributed by atoms with E-state index in [9.17, 15) is 4.91 Å². The molecule has 1 aromatic rings. The molecule has 1 heterocycles. The molecule has 1 aromatic heterocycles. The van der Waals surface area contributed by atoms with Crippen LogP contribution in [0.15, 0.2) is 11.4 Å². The minimum absolute atomic E-state index is 0.329. The Morgan fingerprint density at radius 2 is 2.50 bits per heavy atom. The lowest BCUT2D eigenvalue weighted by molar-refractivity contribution is 0.167. The van der Waals surface area contributed by atoms with Crippen LogP contribution < -0.4 is 0 Å². The molecule has 0 radical (unpaired) electrons. The maximum absolute atomic E-state index is 10.2. The van der Waals surface area contributed by atoms with Crippen molar-refractivity contribution in [1.82, 2.24) is 9.78 Å². The van der Waals surface area contributed by atoms with E-state index in [4.69, 9.17) is 5.11 Å². The third kappa shape index (κ3) is 1.68. The smallest absolute Gasteiger partial charge is 0.148 e. The number of aromatic nitrogens is 2. The zero-order valence-electron chi connectivity index (χ0n) is 7.06. The molecule has 5 nitrogen and oxygen atoms in total. The number of aliphatic hydroxyl groups is 1. The summed E-state index contributed by atoms with van der Waals surface area (Å²) in [5.41, 5.74) is 1.02. The van der Waals surface area contributed by atoms with Crippen LogP contribution in [0.25, 0.3) is 0 Å². The van der Waals surface area contributed by atoms with Gasteiger partial charge in [-0.05, 0) is 19.0 Å². The van der Waals surface area contributed by atoms with Gasteiger partial charge in [0.25, 0.3) is 0 Å². The maximum atomic E-state index is 10.2. The first kappa shape index (κ1) is 8.86. The summed E-state index contributed by atoms with van der Waals surface area (Å²) in [6.45, 7) is 3.79. The van der Waals surface area contributed by atoms with E-state index in [1.54, 1.807) is 18.5 Å². The van der Waals surface area contributed by atoms with Crippen molar-refractivity contribution in [2.75, 3.05) is 0 Å². The molecule has 0 saturated carbocycles. The number of hydrogen-bond donors (Lipinski definition) is 1. The van der Waals surface area contributed by atoms with Crippen molar-refractivity contribution in [2.45, 2.75) is 26.5 Å². The van der Waals surface area contributed by atoms with Crippen molar-refractivity contribution in [1.29, 1.82) is 0 Å². The van der Waals surface area contributed by atoms with Crippen molar-refractivity contribution in [3.63, 3.8) is 0 Å². The molecule has 0 spiro atoms. The number of hydrogen-bond acceptors (Lipinski definition) is 4. The van der Waals surface area contributed by atoms with Gasteiger partial charge < -0.3 is 5.11 Å². The first-order chi connectivity index (χ1) is 5.65. The van der Waals surface area contributed by atoms with Crippen LogP contribution in [0.1, 0.15) is 12.6 Å². The van der Waals surface area contributed by atoms with E-state index in [0.29, 0.717) is 17.9 Å². The van der Waals surface area contributed by atoms with Crippen LogP contribution in [0.4, 0.5) is 5.69 Å². The molecular formula is C7H11N3O2. The zero-order valence-corrected chi connectivity index (χ0v) is 7.06. The second-order valence-electron chi connectivity index (χ2n) is 2.74. The van der Waals surface area contributed by atoms with Gasteiger partial charge in [-0.2, -0.15) is 5.10 Å². The van der Waals surface area contributed by atoms with Crippen LogP contribution in [-0.2, 0) is 6.54 Å². The van der Waals surface area contributed by atoms with Crippen LogP contribution in [-0.4, -0.2) is 21.0 Å². The first-order valence-corrected chi connectivity index (χ1v) is 3.69. The molecule has 0 aromatic carbocycles. The van der Waals surface area contributed by atoms with Crippen LogP contribution in [0.2, 0.25) is 0 Å². The average Bonchev–Trinajstić information content (AvgIpc) is 2.32. The highest BCUT2D eigenvalue weighted by Gasteiger charge is 2.07. The molecular weight excluding hydrogens is 158 g/mol. The van der Waals surface area contributed by atoms with Gasteiger partial charge in [-0.25, -0.2) is 0 Å². The predicted octanol–water partition coefficient (Wildman–Crippen LogP) is 0.970. The molecule has 1 rings (SSSR count). The van der Waals surface area contributed by atoms with Gasteiger partial charge in [0.05, 0.1) is 24.5 Å². The van der Waals surface area contributed by atoms with Gasteiger partial charge >= 0.3 is 0 Å². The summed E-state index contributed by atoms with van der Waals surface area (Å²) in [6, 6.07) is 0. The fourth-order valence-electron chi connectivity index (χ4n) is 0.961. The number of rotatable bonds is 3. The Kier molecular flexibility index (Phi) is 2.54. The van der Waals surface area contributed by atoms with Crippen molar-refractivity contribution < 1.29 is 5.11 Å². The van der Waals surface area contributed by atoms with E-state index < -0.39 is 6.10 Å². The van der Waals surface area contributed by atoms with Gasteiger partial charge in [0.1, 0.15) is 5.69 Å². The Morgan fingerprint density at radius 3 is 2.92 bits per heavy atom. The Balaban J connectivity index is 2.86. The average molecular weight is 169 g/mol. The minimum Gasteiger partial charge on any atom is -0.391 e. The van der Waals surface area contributed by atoms with E-state index in [2.05, 4.69) is 10.3 Å². The monoisotopic (exact) mass is 169 g/mol. The summed E-state index contributed by atoms with van der Waals surface area (Å²) in [5, 5.41) is 15.7. The molecule has 0 aliphatic rings. The Bertz CT molecular complexity index is 280. The van der Waals surface area contributed by atoms with E-state index in [1.165, 1.54) is 6.20 Å². The molecule has 0 bridgehead atoms. The third-order valence-corrected chi connectivity index (χ3v) is 1.61. The predicted molar refractivity (Wildman–Crippen MR) is 44.1 cm³/mol. The second-order valence-corrected chi connectivity index (χ2v) is 2.74. The molecule has 0 fully saturated rings. The Morgan fingerprint density at radius 1 is 1.83 bits per heavy atom. The lowest BCUT2D eigenvalue weighted by Crippen LogP contribution is -2.13. The van der Waals surface area contributed by atoms with Gasteiger partial charge in [-0.15, -0.1) is 4.91 Å². The zero-order chi connectivity index (χ0) is 9.14. The molecule has 0 aliphatic heterocycles. The highest BCUT2D eigenvalue weighted by molar-refractivity contribution is 5.38. The summed E-state index contributed by atoms with van der Waals surface area (Å²) in [6.07, 6.45) is 0.924. The van der Waals surface area contributed by atoms with Gasteiger partial charge in [-0.3, -0.25) is 4.68 Å². The van der Waals surface area contributed by atoms with E-state index >= 15 is 0 Å². The van der Waals surface area contributed by atoms with Crippen LogP contribution in [0.3, 0.4) is 0 Å². The lowest BCUT2D eigenvalue weighted by Gasteiger charge is -2.05. The molecule has 12 heavy (non-hydrogen) atoms. The largest absolute Gasteiger partial charge is 0.391 e. The number of nitrogens with zero attached hydrogens (tertiary/aromatic N) is 3. The maximum Gasteiger partial charge on any atom is 0.148 e.